The van der Waals surface area contributed by atoms with Gasteiger partial charge in [-0.2, -0.15) is 0 Å². The van der Waals surface area contributed by atoms with Crippen molar-refractivity contribution < 1.29 is 9.18 Å². The van der Waals surface area contributed by atoms with Gasteiger partial charge in [0.05, 0.1) is 5.54 Å². The fraction of sp³-hybridized carbons (Fsp3) is 0.160. The van der Waals surface area contributed by atoms with E-state index < -0.39 is 5.54 Å². The Morgan fingerprint density at radius 3 is 2.80 bits per heavy atom. The second kappa shape index (κ2) is 7.92. The molecule has 30 heavy (non-hydrogen) atoms. The number of pyridine rings is 1. The lowest BCUT2D eigenvalue weighted by Crippen LogP contribution is -2.34. The second-order valence-corrected chi connectivity index (χ2v) is 7.51. The quantitative estimate of drug-likeness (QED) is 0.687. The van der Waals surface area contributed by atoms with E-state index in [1.807, 2.05) is 43.3 Å². The van der Waals surface area contributed by atoms with Crippen LogP contribution < -0.4 is 5.73 Å². The molecular weight excluding hydrogens is 377 g/mol. The molecule has 0 spiro atoms. The molecule has 3 aromatic rings. The van der Waals surface area contributed by atoms with Crippen molar-refractivity contribution in [2.45, 2.75) is 25.3 Å². The minimum absolute atomic E-state index is 0.0978. The minimum Gasteiger partial charge on any atom is -0.383 e. The van der Waals surface area contributed by atoms with E-state index >= 15 is 0 Å². The Labute approximate surface area is 174 Å². The molecule has 1 aliphatic rings. The van der Waals surface area contributed by atoms with Gasteiger partial charge in [0.15, 0.2) is 0 Å². The fourth-order valence-electron chi connectivity index (χ4n) is 3.70. The van der Waals surface area contributed by atoms with Crippen molar-refractivity contribution in [2.75, 3.05) is 0 Å². The number of aromatic nitrogens is 1. The zero-order valence-electron chi connectivity index (χ0n) is 16.5. The summed E-state index contributed by atoms with van der Waals surface area (Å²) in [6.07, 6.45) is 3.96. The van der Waals surface area contributed by atoms with Crippen LogP contribution in [0.5, 0.6) is 0 Å². The lowest BCUT2D eigenvalue weighted by atomic mass is 9.81. The Balaban J connectivity index is 1.61. The van der Waals surface area contributed by atoms with E-state index in [0.29, 0.717) is 23.4 Å². The maximum absolute atomic E-state index is 14.8. The summed E-state index contributed by atoms with van der Waals surface area (Å²) in [5.74, 6) is 5.25. The summed E-state index contributed by atoms with van der Waals surface area (Å²) < 4.78 is 14.8. The molecule has 4 nitrogen and oxygen atoms in total. The van der Waals surface area contributed by atoms with E-state index in [1.54, 1.807) is 24.5 Å². The SMILES string of the molecule is CC1(c2cc(CC(=O)C#Cc3ccccc3)ccc2F)Cc2cnccc2C(N)=N1. The molecule has 0 bridgehead atoms. The van der Waals surface area contributed by atoms with Gasteiger partial charge < -0.3 is 5.73 Å². The lowest BCUT2D eigenvalue weighted by molar-refractivity contribution is -0.113. The highest BCUT2D eigenvalue weighted by Gasteiger charge is 2.34. The number of hydrogen-bond donors (Lipinski definition) is 1. The first-order valence-corrected chi connectivity index (χ1v) is 9.62. The van der Waals surface area contributed by atoms with E-state index in [4.69, 9.17) is 5.73 Å². The van der Waals surface area contributed by atoms with Crippen LogP contribution in [-0.2, 0) is 23.2 Å². The number of benzene rings is 2. The number of rotatable bonds is 3. The van der Waals surface area contributed by atoms with Gasteiger partial charge in [0.2, 0.25) is 5.78 Å². The molecule has 2 aromatic carbocycles. The van der Waals surface area contributed by atoms with Gasteiger partial charge in [-0.15, -0.1) is 0 Å². The molecule has 4 rings (SSSR count). The van der Waals surface area contributed by atoms with Gasteiger partial charge in [-0.1, -0.05) is 30.2 Å². The Morgan fingerprint density at radius 2 is 2.00 bits per heavy atom. The number of amidine groups is 1. The zero-order chi connectivity index (χ0) is 21.1. The van der Waals surface area contributed by atoms with Crippen LogP contribution in [0.2, 0.25) is 0 Å². The van der Waals surface area contributed by atoms with E-state index in [0.717, 1.165) is 16.7 Å². The third-order valence-electron chi connectivity index (χ3n) is 5.18. The largest absolute Gasteiger partial charge is 0.383 e. The highest BCUT2D eigenvalue weighted by Crippen LogP contribution is 2.36. The van der Waals surface area contributed by atoms with Crippen molar-refractivity contribution in [1.82, 2.24) is 4.98 Å². The molecule has 1 atom stereocenters. The predicted molar refractivity (Wildman–Crippen MR) is 114 cm³/mol. The maximum Gasteiger partial charge on any atom is 0.210 e. The van der Waals surface area contributed by atoms with Crippen LogP contribution in [0.15, 0.2) is 72.0 Å². The molecule has 0 aliphatic carbocycles. The average molecular weight is 397 g/mol. The first kappa shape index (κ1) is 19.5. The highest BCUT2D eigenvalue weighted by atomic mass is 19.1. The topological polar surface area (TPSA) is 68.3 Å². The summed E-state index contributed by atoms with van der Waals surface area (Å²) in [7, 11) is 0. The van der Waals surface area contributed by atoms with Crippen molar-refractivity contribution in [2.24, 2.45) is 10.7 Å². The third-order valence-corrected chi connectivity index (χ3v) is 5.18. The lowest BCUT2D eigenvalue weighted by Gasteiger charge is -2.32. The molecule has 0 saturated heterocycles. The van der Waals surface area contributed by atoms with Gasteiger partial charge >= 0.3 is 0 Å². The van der Waals surface area contributed by atoms with Gasteiger partial charge in [-0.25, -0.2) is 4.39 Å². The number of carbonyl (C=O) groups is 1. The van der Waals surface area contributed by atoms with Gasteiger partial charge in [0.25, 0.3) is 0 Å². The van der Waals surface area contributed by atoms with Gasteiger partial charge in [0.1, 0.15) is 11.7 Å². The molecule has 1 aromatic heterocycles. The van der Waals surface area contributed by atoms with Crippen LogP contribution in [0, 0.1) is 17.7 Å². The molecule has 0 radical (unpaired) electrons. The summed E-state index contributed by atoms with van der Waals surface area (Å²) >= 11 is 0. The van der Waals surface area contributed by atoms with Gasteiger partial charge in [0, 0.05) is 41.9 Å². The summed E-state index contributed by atoms with van der Waals surface area (Å²) in [5, 5.41) is 0. The standard InChI is InChI=1S/C25H20FN3O/c1-25(15-19-16-28-12-11-21(19)24(27)29-25)22-14-18(8-10-23(22)26)13-20(30)9-7-17-5-3-2-4-6-17/h2-6,8,10-12,14,16H,13,15H2,1H3,(H2,27,29). The Hall–Kier alpha value is -3.78. The summed E-state index contributed by atoms with van der Waals surface area (Å²) in [4.78, 5) is 21.1. The summed E-state index contributed by atoms with van der Waals surface area (Å²) in [5.41, 5.74) is 8.88. The molecule has 0 saturated carbocycles. The van der Waals surface area contributed by atoms with Gasteiger partial charge in [-0.05, 0) is 54.3 Å². The molecule has 0 amide bonds. The van der Waals surface area contributed by atoms with Crippen LogP contribution in [0.25, 0.3) is 0 Å². The van der Waals surface area contributed by atoms with E-state index in [2.05, 4.69) is 21.8 Å². The van der Waals surface area contributed by atoms with Crippen molar-refractivity contribution in [1.29, 1.82) is 0 Å². The van der Waals surface area contributed by atoms with Crippen molar-refractivity contribution >= 4 is 11.6 Å². The third kappa shape index (κ3) is 3.99. The smallest absolute Gasteiger partial charge is 0.210 e. The van der Waals surface area contributed by atoms with Crippen molar-refractivity contribution in [3.05, 3.63) is 101 Å². The van der Waals surface area contributed by atoms with E-state index in [9.17, 15) is 9.18 Å². The highest BCUT2D eigenvalue weighted by molar-refractivity contribution is 6.00. The molecular formula is C25H20FN3O. The van der Waals surface area contributed by atoms with E-state index in [1.165, 1.54) is 6.07 Å². The Bertz CT molecular complexity index is 1210. The maximum atomic E-state index is 14.8. The fourth-order valence-corrected chi connectivity index (χ4v) is 3.70. The minimum atomic E-state index is -0.876. The molecule has 1 aliphatic heterocycles. The number of carbonyl (C=O) groups excluding carboxylic acids is 1. The first-order valence-electron chi connectivity index (χ1n) is 9.62. The van der Waals surface area contributed by atoms with Crippen LogP contribution >= 0.6 is 0 Å². The number of nitrogens with two attached hydrogens (primary N) is 1. The average Bonchev–Trinajstić information content (AvgIpc) is 2.74. The number of aliphatic imine (C=N–C) groups is 1. The van der Waals surface area contributed by atoms with Crippen molar-refractivity contribution in [3.8, 4) is 11.8 Å². The van der Waals surface area contributed by atoms with Crippen molar-refractivity contribution in [3.63, 3.8) is 0 Å². The number of ketones is 1. The number of halogens is 1. The number of fused-ring (bicyclic) bond motifs is 1. The Morgan fingerprint density at radius 1 is 1.20 bits per heavy atom. The number of nitrogens with zero attached hydrogens (tertiary/aromatic N) is 2. The van der Waals surface area contributed by atoms with Crippen LogP contribution in [0.4, 0.5) is 4.39 Å². The molecule has 2 heterocycles. The first-order chi connectivity index (χ1) is 14.4. The normalized spacial score (nSPS) is 17.3. The number of Topliss-reactive ketones (excluding diaryl/α,β-unsaturated/α-hetero) is 1. The van der Waals surface area contributed by atoms with Gasteiger partial charge in [-0.3, -0.25) is 14.8 Å². The molecule has 5 heteroatoms. The van der Waals surface area contributed by atoms with Crippen LogP contribution in [-0.4, -0.2) is 16.6 Å². The molecule has 2 N–H and O–H groups in total. The zero-order valence-corrected chi connectivity index (χ0v) is 16.5. The van der Waals surface area contributed by atoms with Crippen LogP contribution in [0.1, 0.15) is 34.7 Å². The summed E-state index contributed by atoms with van der Waals surface area (Å²) in [6.45, 7) is 1.84. The summed E-state index contributed by atoms with van der Waals surface area (Å²) in [6, 6.07) is 15.8. The monoisotopic (exact) mass is 397 g/mol. The Kier molecular flexibility index (Phi) is 5.16. The molecule has 1 unspecified atom stereocenters. The number of hydrogen-bond acceptors (Lipinski definition) is 4. The second-order valence-electron chi connectivity index (χ2n) is 7.51. The van der Waals surface area contributed by atoms with Crippen LogP contribution in [0.3, 0.4) is 0 Å². The van der Waals surface area contributed by atoms with E-state index in [-0.39, 0.29) is 18.0 Å². The molecule has 148 valence electrons. The molecule has 0 fully saturated rings. The predicted octanol–water partition coefficient (Wildman–Crippen LogP) is 3.56.